The zero-order chi connectivity index (χ0) is 15.4. The number of thiophene rings is 1. The number of rotatable bonds is 4. The Morgan fingerprint density at radius 3 is 2.86 bits per heavy atom. The van der Waals surface area contributed by atoms with E-state index in [1.807, 2.05) is 47.2 Å². The van der Waals surface area contributed by atoms with Crippen LogP contribution in [0.1, 0.15) is 11.1 Å². The highest BCUT2D eigenvalue weighted by Crippen LogP contribution is 2.18. The van der Waals surface area contributed by atoms with Crippen molar-refractivity contribution in [3.05, 3.63) is 64.4 Å². The lowest BCUT2D eigenvalue weighted by Gasteiger charge is -2.18. The van der Waals surface area contributed by atoms with Crippen molar-refractivity contribution in [2.45, 2.75) is 12.5 Å². The zero-order valence-corrected chi connectivity index (χ0v) is 12.7. The van der Waals surface area contributed by atoms with Gasteiger partial charge in [-0.05, 0) is 40.5 Å². The Balaban J connectivity index is 1.72. The summed E-state index contributed by atoms with van der Waals surface area (Å²) in [5, 5.41) is 3.88. The van der Waals surface area contributed by atoms with Crippen molar-refractivity contribution in [3.63, 3.8) is 0 Å². The molecule has 1 aliphatic rings. The van der Waals surface area contributed by atoms with E-state index in [4.69, 9.17) is 4.74 Å². The van der Waals surface area contributed by atoms with Gasteiger partial charge in [-0.1, -0.05) is 30.3 Å². The van der Waals surface area contributed by atoms with Gasteiger partial charge in [-0.3, -0.25) is 4.79 Å². The number of ether oxygens (including phenoxy) is 1. The number of cyclic esters (lactones) is 1. The summed E-state index contributed by atoms with van der Waals surface area (Å²) in [7, 11) is 0. The van der Waals surface area contributed by atoms with Gasteiger partial charge in [0.1, 0.15) is 6.61 Å². The summed E-state index contributed by atoms with van der Waals surface area (Å²) in [6, 6.07) is 11.4. The molecule has 3 rings (SSSR count). The zero-order valence-electron chi connectivity index (χ0n) is 11.8. The van der Waals surface area contributed by atoms with Crippen LogP contribution in [0.4, 0.5) is 4.79 Å². The molecule has 0 radical (unpaired) electrons. The van der Waals surface area contributed by atoms with E-state index in [0.717, 1.165) is 11.1 Å². The van der Waals surface area contributed by atoms with Crippen molar-refractivity contribution >= 4 is 29.4 Å². The van der Waals surface area contributed by atoms with Crippen molar-refractivity contribution in [3.8, 4) is 0 Å². The fourth-order valence-corrected chi connectivity index (χ4v) is 3.01. The molecule has 1 aromatic carbocycles. The van der Waals surface area contributed by atoms with Gasteiger partial charge in [-0.2, -0.15) is 11.3 Å². The summed E-state index contributed by atoms with van der Waals surface area (Å²) >= 11 is 1.56. The first-order chi connectivity index (χ1) is 10.7. The fraction of sp³-hybridized carbons (Fsp3) is 0.176. The maximum atomic E-state index is 12.3. The Labute approximate surface area is 132 Å². The Kier molecular flexibility index (Phi) is 4.34. The minimum atomic E-state index is -0.569. The van der Waals surface area contributed by atoms with Crippen molar-refractivity contribution in [2.75, 3.05) is 6.61 Å². The van der Waals surface area contributed by atoms with Gasteiger partial charge in [0.15, 0.2) is 0 Å². The second kappa shape index (κ2) is 6.58. The van der Waals surface area contributed by atoms with Crippen LogP contribution in [0.2, 0.25) is 0 Å². The third kappa shape index (κ3) is 3.26. The predicted octanol–water partition coefficient (Wildman–Crippen LogP) is 3.35. The van der Waals surface area contributed by atoms with E-state index in [0.29, 0.717) is 6.42 Å². The number of nitrogens with zero attached hydrogens (tertiary/aromatic N) is 1. The molecule has 2 amide bonds. The fourth-order valence-electron chi connectivity index (χ4n) is 2.38. The Morgan fingerprint density at radius 1 is 1.32 bits per heavy atom. The second-order valence-electron chi connectivity index (χ2n) is 5.02. The number of carbonyl (C=O) groups is 2. The highest BCUT2D eigenvalue weighted by Gasteiger charge is 2.36. The van der Waals surface area contributed by atoms with Gasteiger partial charge in [-0.25, -0.2) is 9.69 Å². The Hall–Kier alpha value is -2.40. The SMILES string of the molecule is O=C(C=Cc1ccsc1)N1C(=O)OC[C@@H]1Cc1ccccc1. The summed E-state index contributed by atoms with van der Waals surface area (Å²) in [5.41, 5.74) is 2.02. The van der Waals surface area contributed by atoms with E-state index < -0.39 is 6.09 Å². The van der Waals surface area contributed by atoms with Gasteiger partial charge < -0.3 is 4.74 Å². The molecule has 112 valence electrons. The number of hydrogen-bond donors (Lipinski definition) is 0. The third-order valence-corrected chi connectivity index (χ3v) is 4.18. The van der Waals surface area contributed by atoms with Crippen LogP contribution < -0.4 is 0 Å². The summed E-state index contributed by atoms with van der Waals surface area (Å²) in [5.74, 6) is -0.338. The standard InChI is InChI=1S/C17H15NO3S/c19-16(7-6-14-8-9-22-12-14)18-15(11-21-17(18)20)10-13-4-2-1-3-5-13/h1-9,12,15H,10-11H2/t15-/m0/s1. The molecule has 0 bridgehead atoms. The van der Waals surface area contributed by atoms with Gasteiger partial charge in [0.25, 0.3) is 5.91 Å². The number of imide groups is 1. The quantitative estimate of drug-likeness (QED) is 0.813. The molecule has 0 spiro atoms. The van der Waals surface area contributed by atoms with Crippen LogP contribution in [-0.4, -0.2) is 29.5 Å². The largest absolute Gasteiger partial charge is 0.447 e. The van der Waals surface area contributed by atoms with Crippen LogP contribution in [0.25, 0.3) is 6.08 Å². The number of hydrogen-bond acceptors (Lipinski definition) is 4. The van der Waals surface area contributed by atoms with E-state index in [-0.39, 0.29) is 18.6 Å². The number of carbonyl (C=O) groups excluding carboxylic acids is 2. The molecule has 2 aromatic rings. The van der Waals surface area contributed by atoms with Gasteiger partial charge >= 0.3 is 6.09 Å². The van der Waals surface area contributed by atoms with Crippen molar-refractivity contribution in [1.29, 1.82) is 0 Å². The highest BCUT2D eigenvalue weighted by molar-refractivity contribution is 7.08. The molecule has 0 saturated carbocycles. The van der Waals surface area contributed by atoms with E-state index in [1.165, 1.54) is 11.0 Å². The van der Waals surface area contributed by atoms with E-state index in [1.54, 1.807) is 17.4 Å². The highest BCUT2D eigenvalue weighted by atomic mass is 32.1. The van der Waals surface area contributed by atoms with Gasteiger partial charge in [-0.15, -0.1) is 0 Å². The van der Waals surface area contributed by atoms with E-state index >= 15 is 0 Å². The smallest absolute Gasteiger partial charge is 0.417 e. The Bertz CT molecular complexity index is 679. The molecule has 0 unspecified atom stereocenters. The normalized spacial score (nSPS) is 17.9. The summed E-state index contributed by atoms with van der Waals surface area (Å²) in [4.78, 5) is 25.3. The van der Waals surface area contributed by atoms with Gasteiger partial charge in [0, 0.05) is 6.08 Å². The van der Waals surface area contributed by atoms with Crippen LogP contribution in [0.5, 0.6) is 0 Å². The molecule has 2 heterocycles. The van der Waals surface area contributed by atoms with Crippen molar-refractivity contribution in [2.24, 2.45) is 0 Å². The molecule has 1 saturated heterocycles. The summed E-state index contributed by atoms with van der Waals surface area (Å²) in [6.45, 7) is 0.242. The maximum absolute atomic E-state index is 12.3. The molecule has 1 fully saturated rings. The van der Waals surface area contributed by atoms with Crippen LogP contribution in [0.3, 0.4) is 0 Å². The lowest BCUT2D eigenvalue weighted by atomic mass is 10.1. The lowest BCUT2D eigenvalue weighted by molar-refractivity contribution is -0.124. The molecule has 1 aromatic heterocycles. The minimum Gasteiger partial charge on any atom is -0.447 e. The van der Waals surface area contributed by atoms with Gasteiger partial charge in [0.2, 0.25) is 0 Å². The predicted molar refractivity (Wildman–Crippen MR) is 85.5 cm³/mol. The molecule has 1 aliphatic heterocycles. The van der Waals surface area contributed by atoms with Gasteiger partial charge in [0.05, 0.1) is 6.04 Å². The lowest BCUT2D eigenvalue weighted by Crippen LogP contribution is -2.39. The van der Waals surface area contributed by atoms with Crippen molar-refractivity contribution < 1.29 is 14.3 Å². The van der Waals surface area contributed by atoms with E-state index in [2.05, 4.69) is 0 Å². The molecular weight excluding hydrogens is 298 g/mol. The Morgan fingerprint density at radius 2 is 2.14 bits per heavy atom. The average Bonchev–Trinajstić information content (AvgIpc) is 3.16. The summed E-state index contributed by atoms with van der Waals surface area (Å²) in [6.07, 6.45) is 3.17. The van der Waals surface area contributed by atoms with Crippen molar-refractivity contribution in [1.82, 2.24) is 4.90 Å². The minimum absolute atomic E-state index is 0.242. The van der Waals surface area contributed by atoms with Crippen LogP contribution in [0.15, 0.2) is 53.2 Å². The first-order valence-electron chi connectivity index (χ1n) is 6.98. The topological polar surface area (TPSA) is 46.6 Å². The van der Waals surface area contributed by atoms with E-state index in [9.17, 15) is 9.59 Å². The maximum Gasteiger partial charge on any atom is 0.417 e. The number of amides is 2. The van der Waals surface area contributed by atoms with Crippen LogP contribution in [-0.2, 0) is 16.0 Å². The van der Waals surface area contributed by atoms with Crippen LogP contribution in [0, 0.1) is 0 Å². The molecule has 5 heteroatoms. The second-order valence-corrected chi connectivity index (χ2v) is 5.80. The molecule has 0 N–H and O–H groups in total. The third-order valence-electron chi connectivity index (χ3n) is 3.47. The first kappa shape index (κ1) is 14.5. The first-order valence-corrected chi connectivity index (χ1v) is 7.92. The van der Waals surface area contributed by atoms with Crippen LogP contribution >= 0.6 is 11.3 Å². The average molecular weight is 313 g/mol. The molecule has 4 nitrogen and oxygen atoms in total. The monoisotopic (exact) mass is 313 g/mol. The molecule has 22 heavy (non-hydrogen) atoms. The number of benzene rings is 1. The molecular formula is C17H15NO3S. The molecule has 0 aliphatic carbocycles. The summed E-state index contributed by atoms with van der Waals surface area (Å²) < 4.78 is 5.04. The molecule has 1 atom stereocenters.